The molecule has 2 saturated heterocycles. The van der Waals surface area contributed by atoms with E-state index in [1.54, 1.807) is 35.5 Å². The van der Waals surface area contributed by atoms with E-state index in [0.29, 0.717) is 17.0 Å². The second-order valence-corrected chi connectivity index (χ2v) is 7.98. The van der Waals surface area contributed by atoms with Gasteiger partial charge in [-0.15, -0.1) is 12.4 Å². The van der Waals surface area contributed by atoms with Gasteiger partial charge in [0.25, 0.3) is 0 Å². The second kappa shape index (κ2) is 7.82. The first-order chi connectivity index (χ1) is 11.0. The van der Waals surface area contributed by atoms with Gasteiger partial charge in [-0.2, -0.15) is 4.31 Å². The van der Waals surface area contributed by atoms with Crippen molar-refractivity contribution in [3.63, 3.8) is 0 Å². The van der Waals surface area contributed by atoms with E-state index in [1.807, 2.05) is 0 Å². The van der Waals surface area contributed by atoms with Crippen molar-refractivity contribution in [1.29, 1.82) is 0 Å². The van der Waals surface area contributed by atoms with Crippen molar-refractivity contribution in [2.75, 3.05) is 18.4 Å². The van der Waals surface area contributed by atoms with Gasteiger partial charge < -0.3 is 10.6 Å². The van der Waals surface area contributed by atoms with E-state index >= 15 is 0 Å². The molecule has 0 spiro atoms. The molecular weight excluding hydrogens is 350 g/mol. The number of nitrogens with zero attached hydrogens (tertiary/aromatic N) is 1. The van der Waals surface area contributed by atoms with E-state index in [2.05, 4.69) is 10.6 Å². The average molecular weight is 374 g/mol. The van der Waals surface area contributed by atoms with Gasteiger partial charge in [0.1, 0.15) is 0 Å². The van der Waals surface area contributed by atoms with Crippen molar-refractivity contribution in [3.05, 3.63) is 24.3 Å². The number of nitrogens with one attached hydrogen (secondary N) is 2. The van der Waals surface area contributed by atoms with Crippen LogP contribution in [0, 0.1) is 0 Å². The van der Waals surface area contributed by atoms with Crippen LogP contribution in [0.2, 0.25) is 0 Å². The lowest BCUT2D eigenvalue weighted by molar-refractivity contribution is -0.115. The van der Waals surface area contributed by atoms with Crippen LogP contribution in [0.1, 0.15) is 32.6 Å². The fourth-order valence-corrected chi connectivity index (χ4v) is 5.31. The monoisotopic (exact) mass is 373 g/mol. The standard InChI is InChI=1S/C16H23N3O3S.ClH/c1-2-16(20)18-12-3-7-15(8-4-12)23(21,22)19-13-5-6-14(19)11-17-10-9-13;/h3-4,7-8,13-14,17H,2,5-6,9-11H2,1H3,(H,18,20);1H. The van der Waals surface area contributed by atoms with Crippen LogP contribution in [0.3, 0.4) is 0 Å². The molecule has 2 unspecified atom stereocenters. The Labute approximate surface area is 149 Å². The Hall–Kier alpha value is -1.15. The Balaban J connectivity index is 0.00000208. The zero-order chi connectivity index (χ0) is 16.4. The summed E-state index contributed by atoms with van der Waals surface area (Å²) in [7, 11) is -3.49. The van der Waals surface area contributed by atoms with Crippen molar-refractivity contribution in [2.45, 2.75) is 49.6 Å². The number of sulfonamides is 1. The summed E-state index contributed by atoms with van der Waals surface area (Å²) in [4.78, 5) is 11.7. The molecule has 0 aromatic heterocycles. The third kappa shape index (κ3) is 3.74. The molecule has 6 nitrogen and oxygen atoms in total. The van der Waals surface area contributed by atoms with Gasteiger partial charge in [-0.1, -0.05) is 6.92 Å². The van der Waals surface area contributed by atoms with Crippen LogP contribution in [0.25, 0.3) is 0 Å². The summed E-state index contributed by atoms with van der Waals surface area (Å²) < 4.78 is 27.7. The summed E-state index contributed by atoms with van der Waals surface area (Å²) in [5.41, 5.74) is 0.622. The van der Waals surface area contributed by atoms with E-state index in [1.165, 1.54) is 0 Å². The second-order valence-electron chi connectivity index (χ2n) is 6.14. The van der Waals surface area contributed by atoms with E-state index in [-0.39, 0.29) is 30.4 Å². The van der Waals surface area contributed by atoms with Crippen molar-refractivity contribution < 1.29 is 13.2 Å². The van der Waals surface area contributed by atoms with Crippen molar-refractivity contribution in [2.24, 2.45) is 0 Å². The number of anilines is 1. The van der Waals surface area contributed by atoms with Gasteiger partial charge in [-0.25, -0.2) is 8.42 Å². The highest BCUT2D eigenvalue weighted by atomic mass is 35.5. The van der Waals surface area contributed by atoms with Gasteiger partial charge in [-0.3, -0.25) is 4.79 Å². The number of carbonyl (C=O) groups excluding carboxylic acids is 1. The third-order valence-electron chi connectivity index (χ3n) is 4.62. The quantitative estimate of drug-likeness (QED) is 0.845. The molecule has 2 aliphatic rings. The SMILES string of the molecule is CCC(=O)Nc1ccc(S(=O)(=O)N2C3CCNCC2CC3)cc1.Cl. The molecule has 2 heterocycles. The molecule has 0 radical (unpaired) electrons. The fraction of sp³-hybridized carbons (Fsp3) is 0.562. The molecule has 0 aliphatic carbocycles. The molecule has 1 amide bonds. The Morgan fingerprint density at radius 3 is 2.54 bits per heavy atom. The lowest BCUT2D eigenvalue weighted by Crippen LogP contribution is -2.42. The topological polar surface area (TPSA) is 78.5 Å². The summed E-state index contributed by atoms with van der Waals surface area (Å²) in [5.74, 6) is -0.0859. The van der Waals surface area contributed by atoms with Crippen molar-refractivity contribution in [1.82, 2.24) is 9.62 Å². The van der Waals surface area contributed by atoms with E-state index in [4.69, 9.17) is 0 Å². The Bertz CT molecular complexity index is 664. The molecule has 2 bridgehead atoms. The van der Waals surface area contributed by atoms with Crippen LogP contribution >= 0.6 is 12.4 Å². The van der Waals surface area contributed by atoms with Gasteiger partial charge in [0.05, 0.1) is 4.90 Å². The zero-order valence-electron chi connectivity index (χ0n) is 13.7. The third-order valence-corrected chi connectivity index (χ3v) is 6.64. The molecule has 2 atom stereocenters. The highest BCUT2D eigenvalue weighted by Crippen LogP contribution is 2.33. The van der Waals surface area contributed by atoms with E-state index in [9.17, 15) is 13.2 Å². The number of carbonyl (C=O) groups is 1. The van der Waals surface area contributed by atoms with Crippen LogP contribution in [0.5, 0.6) is 0 Å². The molecule has 24 heavy (non-hydrogen) atoms. The minimum absolute atomic E-state index is 0. The number of fused-ring (bicyclic) bond motifs is 2. The van der Waals surface area contributed by atoms with Crippen LogP contribution in [0.15, 0.2) is 29.2 Å². The Morgan fingerprint density at radius 1 is 1.21 bits per heavy atom. The molecule has 3 rings (SSSR count). The molecule has 8 heteroatoms. The number of hydrogen-bond donors (Lipinski definition) is 2. The number of benzene rings is 1. The van der Waals surface area contributed by atoms with Crippen molar-refractivity contribution in [3.8, 4) is 0 Å². The minimum atomic E-state index is -3.49. The number of hydrogen-bond acceptors (Lipinski definition) is 4. The first-order valence-electron chi connectivity index (χ1n) is 8.16. The Morgan fingerprint density at radius 2 is 1.88 bits per heavy atom. The molecule has 134 valence electrons. The van der Waals surface area contributed by atoms with Crippen LogP contribution in [0.4, 0.5) is 5.69 Å². The molecule has 0 saturated carbocycles. The normalized spacial score (nSPS) is 24.0. The summed E-state index contributed by atoms with van der Waals surface area (Å²) in [6.45, 7) is 3.37. The van der Waals surface area contributed by atoms with Crippen molar-refractivity contribution >= 4 is 34.0 Å². The number of amides is 1. The molecule has 2 N–H and O–H groups in total. The highest BCUT2D eigenvalue weighted by molar-refractivity contribution is 7.89. The predicted octanol–water partition coefficient (Wildman–Crippen LogP) is 1.97. The summed E-state index contributed by atoms with van der Waals surface area (Å²) in [6, 6.07) is 6.61. The maximum absolute atomic E-state index is 13.0. The largest absolute Gasteiger partial charge is 0.326 e. The van der Waals surface area contributed by atoms with Crippen LogP contribution in [-0.4, -0.2) is 43.8 Å². The van der Waals surface area contributed by atoms with Gasteiger partial charge >= 0.3 is 0 Å². The highest BCUT2D eigenvalue weighted by Gasteiger charge is 2.42. The first kappa shape index (κ1) is 19.2. The first-order valence-corrected chi connectivity index (χ1v) is 9.60. The zero-order valence-corrected chi connectivity index (χ0v) is 15.3. The lowest BCUT2D eigenvalue weighted by atomic mass is 10.1. The van der Waals surface area contributed by atoms with E-state index < -0.39 is 10.0 Å². The van der Waals surface area contributed by atoms with Crippen LogP contribution in [-0.2, 0) is 14.8 Å². The van der Waals surface area contributed by atoms with E-state index in [0.717, 1.165) is 32.4 Å². The minimum Gasteiger partial charge on any atom is -0.326 e. The number of rotatable bonds is 4. The maximum atomic E-state index is 13.0. The van der Waals surface area contributed by atoms with Gasteiger partial charge in [0.2, 0.25) is 15.9 Å². The van der Waals surface area contributed by atoms with Gasteiger partial charge in [0.15, 0.2) is 0 Å². The smallest absolute Gasteiger partial charge is 0.243 e. The van der Waals surface area contributed by atoms with Crippen LogP contribution < -0.4 is 10.6 Å². The summed E-state index contributed by atoms with van der Waals surface area (Å²) in [5, 5.41) is 6.05. The van der Waals surface area contributed by atoms with Gasteiger partial charge in [0, 0.05) is 30.7 Å². The maximum Gasteiger partial charge on any atom is 0.243 e. The predicted molar refractivity (Wildman–Crippen MR) is 95.9 cm³/mol. The number of halogens is 1. The Kier molecular flexibility index (Phi) is 6.25. The summed E-state index contributed by atoms with van der Waals surface area (Å²) in [6.07, 6.45) is 3.11. The molecule has 1 aromatic carbocycles. The molecule has 2 fully saturated rings. The van der Waals surface area contributed by atoms with Gasteiger partial charge in [-0.05, 0) is 50.1 Å². The molecule has 2 aliphatic heterocycles. The molecular formula is C16H24ClN3O3S. The summed E-state index contributed by atoms with van der Waals surface area (Å²) >= 11 is 0. The molecule has 1 aromatic rings. The fourth-order valence-electron chi connectivity index (χ4n) is 3.41. The average Bonchev–Trinajstić information content (AvgIpc) is 2.81. The lowest BCUT2D eigenvalue weighted by Gasteiger charge is -2.27.